The Bertz CT molecular complexity index is 256. The molecule has 2 heteroatoms. The van der Waals surface area contributed by atoms with E-state index in [1.165, 1.54) is 18.4 Å². The fourth-order valence-corrected chi connectivity index (χ4v) is 1.81. The summed E-state index contributed by atoms with van der Waals surface area (Å²) >= 11 is 3.41. The van der Waals surface area contributed by atoms with Gasteiger partial charge in [-0.2, -0.15) is 0 Å². The molecular formula is C12H17BrO. The van der Waals surface area contributed by atoms with Gasteiger partial charge in [0.15, 0.2) is 0 Å². The van der Waals surface area contributed by atoms with Crippen molar-refractivity contribution in [1.82, 2.24) is 0 Å². The van der Waals surface area contributed by atoms with Crippen molar-refractivity contribution in [3.05, 3.63) is 34.3 Å². The van der Waals surface area contributed by atoms with Crippen molar-refractivity contribution < 1.29 is 5.11 Å². The zero-order valence-corrected chi connectivity index (χ0v) is 10.1. The van der Waals surface area contributed by atoms with E-state index in [0.717, 1.165) is 10.9 Å². The Balaban J connectivity index is 2.64. The van der Waals surface area contributed by atoms with Gasteiger partial charge in [0.2, 0.25) is 0 Å². The second-order valence-corrected chi connectivity index (χ2v) is 4.49. The van der Waals surface area contributed by atoms with E-state index in [0.29, 0.717) is 5.92 Å². The molecule has 1 unspecified atom stereocenters. The molecule has 0 radical (unpaired) electrons. The molecule has 1 N–H and O–H groups in total. The van der Waals surface area contributed by atoms with Crippen molar-refractivity contribution in [2.24, 2.45) is 0 Å². The third kappa shape index (κ3) is 3.43. The molecule has 1 nitrogen and oxygen atoms in total. The SMILES string of the molecule is CCCCC(CO)c1ccc(Br)cc1. The first kappa shape index (κ1) is 11.7. The maximum Gasteiger partial charge on any atom is 0.0499 e. The molecule has 1 aromatic carbocycles. The lowest BCUT2D eigenvalue weighted by Gasteiger charge is -2.13. The van der Waals surface area contributed by atoms with Crippen LogP contribution in [-0.2, 0) is 0 Å². The minimum Gasteiger partial charge on any atom is -0.396 e. The topological polar surface area (TPSA) is 20.2 Å². The first-order chi connectivity index (χ1) is 6.77. The van der Waals surface area contributed by atoms with Crippen LogP contribution in [0.25, 0.3) is 0 Å². The lowest BCUT2D eigenvalue weighted by atomic mass is 9.95. The molecule has 0 spiro atoms. The Labute approximate surface area is 94.3 Å². The molecule has 0 heterocycles. The zero-order valence-electron chi connectivity index (χ0n) is 8.54. The summed E-state index contributed by atoms with van der Waals surface area (Å²) in [6.45, 7) is 2.43. The van der Waals surface area contributed by atoms with E-state index in [4.69, 9.17) is 0 Å². The first-order valence-corrected chi connectivity index (χ1v) is 5.93. The van der Waals surface area contributed by atoms with Crippen LogP contribution in [0.4, 0.5) is 0 Å². The van der Waals surface area contributed by atoms with Gasteiger partial charge in [0, 0.05) is 17.0 Å². The summed E-state index contributed by atoms with van der Waals surface area (Å²) < 4.78 is 1.09. The van der Waals surface area contributed by atoms with Crippen molar-refractivity contribution in [2.45, 2.75) is 32.1 Å². The molecule has 0 saturated heterocycles. The minimum atomic E-state index is 0.252. The number of rotatable bonds is 5. The van der Waals surface area contributed by atoms with Crippen LogP contribution >= 0.6 is 15.9 Å². The summed E-state index contributed by atoms with van der Waals surface area (Å²) in [7, 11) is 0. The van der Waals surface area contributed by atoms with Crippen LogP contribution in [0.15, 0.2) is 28.7 Å². The molecule has 0 fully saturated rings. The second-order valence-electron chi connectivity index (χ2n) is 3.57. The molecule has 0 saturated carbocycles. The maximum atomic E-state index is 9.26. The molecular weight excluding hydrogens is 240 g/mol. The standard InChI is InChI=1S/C12H17BrO/c1-2-3-4-11(9-14)10-5-7-12(13)8-6-10/h5-8,11,14H,2-4,9H2,1H3. The van der Waals surface area contributed by atoms with Gasteiger partial charge in [0.1, 0.15) is 0 Å². The third-order valence-electron chi connectivity index (χ3n) is 2.47. The van der Waals surface area contributed by atoms with Gasteiger partial charge in [-0.15, -0.1) is 0 Å². The number of hydrogen-bond acceptors (Lipinski definition) is 1. The lowest BCUT2D eigenvalue weighted by molar-refractivity contribution is 0.257. The largest absolute Gasteiger partial charge is 0.396 e. The Morgan fingerprint density at radius 3 is 2.43 bits per heavy atom. The average molecular weight is 257 g/mol. The molecule has 1 rings (SSSR count). The predicted octanol–water partition coefficient (Wildman–Crippen LogP) is 3.72. The van der Waals surface area contributed by atoms with Crippen molar-refractivity contribution in [3.63, 3.8) is 0 Å². The molecule has 0 aliphatic carbocycles. The fourth-order valence-electron chi connectivity index (χ4n) is 1.55. The first-order valence-electron chi connectivity index (χ1n) is 5.14. The van der Waals surface area contributed by atoms with Gasteiger partial charge in [-0.3, -0.25) is 0 Å². The Kier molecular flexibility index (Phi) is 5.20. The highest BCUT2D eigenvalue weighted by Crippen LogP contribution is 2.23. The van der Waals surface area contributed by atoms with Gasteiger partial charge in [-0.1, -0.05) is 47.8 Å². The molecule has 1 atom stereocenters. The summed E-state index contributed by atoms with van der Waals surface area (Å²) in [5, 5.41) is 9.26. The smallest absolute Gasteiger partial charge is 0.0499 e. The van der Waals surface area contributed by atoms with E-state index in [-0.39, 0.29) is 6.61 Å². The molecule has 0 bridgehead atoms. The Morgan fingerprint density at radius 1 is 1.29 bits per heavy atom. The van der Waals surface area contributed by atoms with Crippen LogP contribution in [0.1, 0.15) is 37.7 Å². The molecule has 1 aromatic rings. The van der Waals surface area contributed by atoms with Gasteiger partial charge < -0.3 is 5.11 Å². The number of halogens is 1. The minimum absolute atomic E-state index is 0.252. The number of unbranched alkanes of at least 4 members (excludes halogenated alkanes) is 1. The van der Waals surface area contributed by atoms with Crippen molar-refractivity contribution in [1.29, 1.82) is 0 Å². The highest BCUT2D eigenvalue weighted by Gasteiger charge is 2.08. The second kappa shape index (κ2) is 6.20. The van der Waals surface area contributed by atoms with Crippen LogP contribution < -0.4 is 0 Å². The van der Waals surface area contributed by atoms with Crippen molar-refractivity contribution in [3.8, 4) is 0 Å². The number of aliphatic hydroxyl groups is 1. The van der Waals surface area contributed by atoms with E-state index >= 15 is 0 Å². The summed E-state index contributed by atoms with van der Waals surface area (Å²) in [4.78, 5) is 0. The summed E-state index contributed by atoms with van der Waals surface area (Å²) in [6, 6.07) is 8.23. The lowest BCUT2D eigenvalue weighted by Crippen LogP contribution is -2.03. The van der Waals surface area contributed by atoms with E-state index in [9.17, 15) is 5.11 Å². The summed E-state index contributed by atoms with van der Waals surface area (Å²) in [5.41, 5.74) is 1.24. The van der Waals surface area contributed by atoms with Gasteiger partial charge >= 0.3 is 0 Å². The molecule has 78 valence electrons. The fraction of sp³-hybridized carbons (Fsp3) is 0.500. The summed E-state index contributed by atoms with van der Waals surface area (Å²) in [5.74, 6) is 0.308. The van der Waals surface area contributed by atoms with E-state index < -0.39 is 0 Å². The van der Waals surface area contributed by atoms with Crippen molar-refractivity contribution in [2.75, 3.05) is 6.61 Å². The van der Waals surface area contributed by atoms with Gasteiger partial charge in [0.25, 0.3) is 0 Å². The van der Waals surface area contributed by atoms with E-state index in [2.05, 4.69) is 35.0 Å². The van der Waals surface area contributed by atoms with Crippen LogP contribution in [-0.4, -0.2) is 11.7 Å². The van der Waals surface area contributed by atoms with Gasteiger partial charge in [-0.05, 0) is 24.1 Å². The molecule has 0 aliphatic rings. The molecule has 14 heavy (non-hydrogen) atoms. The van der Waals surface area contributed by atoms with Crippen LogP contribution in [0.5, 0.6) is 0 Å². The number of benzene rings is 1. The molecule has 0 aromatic heterocycles. The molecule has 0 amide bonds. The highest BCUT2D eigenvalue weighted by atomic mass is 79.9. The number of aliphatic hydroxyl groups excluding tert-OH is 1. The third-order valence-corrected chi connectivity index (χ3v) is 3.00. The monoisotopic (exact) mass is 256 g/mol. The maximum absolute atomic E-state index is 9.26. The van der Waals surface area contributed by atoms with Gasteiger partial charge in [0.05, 0.1) is 0 Å². The van der Waals surface area contributed by atoms with E-state index in [1.54, 1.807) is 0 Å². The Morgan fingerprint density at radius 2 is 1.93 bits per heavy atom. The van der Waals surface area contributed by atoms with Crippen LogP contribution in [0.3, 0.4) is 0 Å². The van der Waals surface area contributed by atoms with Crippen LogP contribution in [0.2, 0.25) is 0 Å². The van der Waals surface area contributed by atoms with E-state index in [1.807, 2.05) is 12.1 Å². The molecule has 0 aliphatic heterocycles. The van der Waals surface area contributed by atoms with Crippen LogP contribution in [0, 0.1) is 0 Å². The predicted molar refractivity (Wildman–Crippen MR) is 63.5 cm³/mol. The van der Waals surface area contributed by atoms with Crippen molar-refractivity contribution >= 4 is 15.9 Å². The Hall–Kier alpha value is -0.340. The number of hydrogen-bond donors (Lipinski definition) is 1. The van der Waals surface area contributed by atoms with Gasteiger partial charge in [-0.25, -0.2) is 0 Å². The quantitative estimate of drug-likeness (QED) is 0.852. The normalized spacial score (nSPS) is 12.8. The summed E-state index contributed by atoms with van der Waals surface area (Å²) in [6.07, 6.45) is 3.45. The highest BCUT2D eigenvalue weighted by molar-refractivity contribution is 9.10. The average Bonchev–Trinajstić information content (AvgIpc) is 2.21. The zero-order chi connectivity index (χ0) is 10.4.